The van der Waals surface area contributed by atoms with Gasteiger partial charge < -0.3 is 4.90 Å². The molecule has 1 aromatic rings. The van der Waals surface area contributed by atoms with Crippen LogP contribution < -0.4 is 4.90 Å². The van der Waals surface area contributed by atoms with Crippen molar-refractivity contribution in [2.24, 2.45) is 5.92 Å². The second-order valence-corrected chi connectivity index (χ2v) is 4.91. The molecule has 0 amide bonds. The molecule has 3 rings (SSSR count). The standard InChI is InChI=1S/C12H19N3/c1-2-6-14(7-3-1)12-8-13-15(10-12)9-11-4-5-11/h8,10-11H,1-7,9H2. The maximum Gasteiger partial charge on any atom is 0.0752 e. The molecule has 0 aromatic carbocycles. The van der Waals surface area contributed by atoms with E-state index in [1.54, 1.807) is 0 Å². The highest BCUT2D eigenvalue weighted by Gasteiger charge is 2.22. The molecule has 2 aliphatic rings. The number of hydrogen-bond acceptors (Lipinski definition) is 2. The quantitative estimate of drug-likeness (QED) is 0.755. The van der Waals surface area contributed by atoms with E-state index in [0.717, 1.165) is 12.5 Å². The van der Waals surface area contributed by atoms with Crippen LogP contribution >= 0.6 is 0 Å². The Balaban J connectivity index is 1.65. The predicted molar refractivity (Wildman–Crippen MR) is 61.0 cm³/mol. The number of piperidine rings is 1. The van der Waals surface area contributed by atoms with E-state index in [2.05, 4.69) is 20.9 Å². The molecule has 1 aromatic heterocycles. The highest BCUT2D eigenvalue weighted by Crippen LogP contribution is 2.30. The molecule has 0 spiro atoms. The Morgan fingerprint density at radius 2 is 2.00 bits per heavy atom. The van der Waals surface area contributed by atoms with E-state index < -0.39 is 0 Å². The van der Waals surface area contributed by atoms with Crippen molar-refractivity contribution in [1.29, 1.82) is 0 Å². The Hall–Kier alpha value is -0.990. The minimum Gasteiger partial charge on any atom is -0.369 e. The smallest absolute Gasteiger partial charge is 0.0752 e. The normalized spacial score (nSPS) is 22.0. The zero-order valence-corrected chi connectivity index (χ0v) is 9.23. The van der Waals surface area contributed by atoms with Crippen LogP contribution in [0.3, 0.4) is 0 Å². The van der Waals surface area contributed by atoms with E-state index in [1.165, 1.54) is 50.9 Å². The number of nitrogens with zero attached hydrogens (tertiary/aromatic N) is 3. The SMILES string of the molecule is c1nn(CC2CC2)cc1N1CCCCC1. The molecule has 1 saturated heterocycles. The van der Waals surface area contributed by atoms with Crippen LogP contribution in [0.1, 0.15) is 32.1 Å². The lowest BCUT2D eigenvalue weighted by atomic mass is 10.1. The third-order valence-corrected chi connectivity index (χ3v) is 3.48. The fourth-order valence-electron chi connectivity index (χ4n) is 2.33. The molecule has 0 radical (unpaired) electrons. The second-order valence-electron chi connectivity index (χ2n) is 4.91. The largest absolute Gasteiger partial charge is 0.369 e. The average molecular weight is 205 g/mol. The number of hydrogen-bond donors (Lipinski definition) is 0. The first-order chi connectivity index (χ1) is 7.42. The van der Waals surface area contributed by atoms with Gasteiger partial charge in [0.05, 0.1) is 11.9 Å². The maximum atomic E-state index is 4.45. The fraction of sp³-hybridized carbons (Fsp3) is 0.750. The van der Waals surface area contributed by atoms with Gasteiger partial charge >= 0.3 is 0 Å². The molecule has 0 N–H and O–H groups in total. The summed E-state index contributed by atoms with van der Waals surface area (Å²) in [6.07, 6.45) is 11.1. The Morgan fingerprint density at radius 1 is 1.20 bits per heavy atom. The van der Waals surface area contributed by atoms with Gasteiger partial charge in [0.15, 0.2) is 0 Å². The fourth-order valence-corrected chi connectivity index (χ4v) is 2.33. The third-order valence-electron chi connectivity index (χ3n) is 3.48. The van der Waals surface area contributed by atoms with Gasteiger partial charge in [-0.05, 0) is 38.0 Å². The highest BCUT2D eigenvalue weighted by molar-refractivity contribution is 5.42. The van der Waals surface area contributed by atoms with Crippen LogP contribution in [0.25, 0.3) is 0 Å². The van der Waals surface area contributed by atoms with Crippen LogP contribution in [0.15, 0.2) is 12.4 Å². The van der Waals surface area contributed by atoms with E-state index in [4.69, 9.17) is 0 Å². The molecule has 0 unspecified atom stereocenters. The van der Waals surface area contributed by atoms with Gasteiger partial charge in [-0.15, -0.1) is 0 Å². The topological polar surface area (TPSA) is 21.1 Å². The van der Waals surface area contributed by atoms with Gasteiger partial charge in [-0.3, -0.25) is 4.68 Å². The van der Waals surface area contributed by atoms with Crippen molar-refractivity contribution in [2.45, 2.75) is 38.6 Å². The van der Waals surface area contributed by atoms with Gasteiger partial charge in [0.25, 0.3) is 0 Å². The van der Waals surface area contributed by atoms with Crippen molar-refractivity contribution < 1.29 is 0 Å². The minimum absolute atomic E-state index is 0.916. The Labute approximate surface area is 91.1 Å². The minimum atomic E-state index is 0.916. The second kappa shape index (κ2) is 3.87. The average Bonchev–Trinajstić information content (AvgIpc) is 2.96. The summed E-state index contributed by atoms with van der Waals surface area (Å²) >= 11 is 0. The van der Waals surface area contributed by atoms with E-state index in [1.807, 2.05) is 6.20 Å². The van der Waals surface area contributed by atoms with E-state index >= 15 is 0 Å². The molecule has 3 heteroatoms. The van der Waals surface area contributed by atoms with Crippen LogP contribution in [-0.2, 0) is 6.54 Å². The summed E-state index contributed by atoms with van der Waals surface area (Å²) in [5, 5.41) is 4.45. The summed E-state index contributed by atoms with van der Waals surface area (Å²) in [5.41, 5.74) is 1.33. The van der Waals surface area contributed by atoms with Crippen molar-refractivity contribution in [3.05, 3.63) is 12.4 Å². The number of rotatable bonds is 3. The highest BCUT2D eigenvalue weighted by atomic mass is 15.3. The van der Waals surface area contributed by atoms with Crippen molar-refractivity contribution in [3.63, 3.8) is 0 Å². The van der Waals surface area contributed by atoms with Crippen molar-refractivity contribution in [3.8, 4) is 0 Å². The lowest BCUT2D eigenvalue weighted by Crippen LogP contribution is -2.28. The summed E-state index contributed by atoms with van der Waals surface area (Å²) in [4.78, 5) is 2.47. The van der Waals surface area contributed by atoms with Gasteiger partial charge in [-0.2, -0.15) is 5.10 Å². The lowest BCUT2D eigenvalue weighted by Gasteiger charge is -2.27. The molecule has 0 bridgehead atoms. The Morgan fingerprint density at radius 3 is 2.73 bits per heavy atom. The predicted octanol–water partition coefficient (Wildman–Crippen LogP) is 2.28. The first kappa shape index (κ1) is 9.25. The van der Waals surface area contributed by atoms with E-state index in [0.29, 0.717) is 0 Å². The van der Waals surface area contributed by atoms with E-state index in [-0.39, 0.29) is 0 Å². The zero-order chi connectivity index (χ0) is 10.1. The summed E-state index contributed by atoms with van der Waals surface area (Å²) in [5.74, 6) is 0.916. The molecule has 1 aliphatic carbocycles. The third kappa shape index (κ3) is 2.16. The van der Waals surface area contributed by atoms with Crippen LogP contribution in [0, 0.1) is 5.92 Å². The summed E-state index contributed by atoms with van der Waals surface area (Å²) in [6.45, 7) is 3.57. The molecular weight excluding hydrogens is 186 g/mol. The van der Waals surface area contributed by atoms with Gasteiger partial charge in [0.2, 0.25) is 0 Å². The number of anilines is 1. The monoisotopic (exact) mass is 205 g/mol. The van der Waals surface area contributed by atoms with Gasteiger partial charge in [-0.1, -0.05) is 0 Å². The van der Waals surface area contributed by atoms with Gasteiger partial charge in [-0.25, -0.2) is 0 Å². The first-order valence-corrected chi connectivity index (χ1v) is 6.19. The molecule has 1 aliphatic heterocycles. The number of aromatic nitrogens is 2. The summed E-state index contributed by atoms with van der Waals surface area (Å²) in [6, 6.07) is 0. The summed E-state index contributed by atoms with van der Waals surface area (Å²) < 4.78 is 2.13. The molecule has 3 nitrogen and oxygen atoms in total. The molecular formula is C12H19N3. The Kier molecular flexibility index (Phi) is 2.39. The van der Waals surface area contributed by atoms with Gasteiger partial charge in [0.1, 0.15) is 0 Å². The van der Waals surface area contributed by atoms with E-state index in [9.17, 15) is 0 Å². The van der Waals surface area contributed by atoms with Crippen LogP contribution in [0.4, 0.5) is 5.69 Å². The van der Waals surface area contributed by atoms with Crippen molar-refractivity contribution in [2.75, 3.05) is 18.0 Å². The molecule has 1 saturated carbocycles. The maximum absolute atomic E-state index is 4.45. The van der Waals surface area contributed by atoms with Crippen LogP contribution in [0.5, 0.6) is 0 Å². The van der Waals surface area contributed by atoms with Crippen molar-refractivity contribution in [1.82, 2.24) is 9.78 Å². The van der Waals surface area contributed by atoms with Crippen molar-refractivity contribution >= 4 is 5.69 Å². The lowest BCUT2D eigenvalue weighted by molar-refractivity contribution is 0.560. The molecule has 0 atom stereocenters. The molecule has 2 fully saturated rings. The van der Waals surface area contributed by atoms with Crippen LogP contribution in [0.2, 0.25) is 0 Å². The summed E-state index contributed by atoms with van der Waals surface area (Å²) in [7, 11) is 0. The molecule has 2 heterocycles. The Bertz CT molecular complexity index is 321. The van der Waals surface area contributed by atoms with Gasteiger partial charge in [0, 0.05) is 25.8 Å². The molecule has 82 valence electrons. The van der Waals surface area contributed by atoms with Crippen LogP contribution in [-0.4, -0.2) is 22.9 Å². The molecule has 15 heavy (non-hydrogen) atoms. The first-order valence-electron chi connectivity index (χ1n) is 6.19. The zero-order valence-electron chi connectivity index (χ0n) is 9.23.